The first-order chi connectivity index (χ1) is 14.0. The molecule has 2 aromatic rings. The molecule has 1 N–H and O–H groups in total. The summed E-state index contributed by atoms with van der Waals surface area (Å²) in [6, 6.07) is 8.63. The minimum absolute atomic E-state index is 0.0468. The second kappa shape index (κ2) is 8.45. The molecule has 1 amide bonds. The van der Waals surface area contributed by atoms with Gasteiger partial charge < -0.3 is 15.1 Å². The predicted octanol–water partition coefficient (Wildman–Crippen LogP) is 2.40. The lowest BCUT2D eigenvalue weighted by Gasteiger charge is -2.35. The van der Waals surface area contributed by atoms with E-state index in [1.807, 2.05) is 18.7 Å². The molecule has 1 aromatic heterocycles. The van der Waals surface area contributed by atoms with Crippen molar-refractivity contribution in [3.05, 3.63) is 35.5 Å². The third kappa shape index (κ3) is 4.40. The lowest BCUT2D eigenvalue weighted by Crippen LogP contribution is -2.48. The maximum atomic E-state index is 12.8. The van der Waals surface area contributed by atoms with E-state index in [0.717, 1.165) is 56.5 Å². The smallest absolute Gasteiger partial charge is 0.238 e. The quantitative estimate of drug-likeness (QED) is 0.841. The fourth-order valence-electron chi connectivity index (χ4n) is 4.26. The maximum Gasteiger partial charge on any atom is 0.238 e. The zero-order chi connectivity index (χ0) is 20.4. The summed E-state index contributed by atoms with van der Waals surface area (Å²) in [5, 5.41) is 7.81. The van der Waals surface area contributed by atoms with Crippen molar-refractivity contribution in [1.29, 1.82) is 0 Å². The van der Waals surface area contributed by atoms with E-state index in [9.17, 15) is 4.79 Å². The number of hydrogen-bond acceptors (Lipinski definition) is 5. The number of hydrogen-bond donors (Lipinski definition) is 1. The number of amides is 1. The molecule has 2 aliphatic heterocycles. The fraction of sp³-hybridized carbons (Fsp3) is 0.545. The van der Waals surface area contributed by atoms with Crippen molar-refractivity contribution >= 4 is 23.1 Å². The Morgan fingerprint density at radius 3 is 2.45 bits per heavy atom. The third-order valence-electron chi connectivity index (χ3n) is 6.09. The number of carbonyl (C=O) groups excluding carboxylic acids is 1. The van der Waals surface area contributed by atoms with Gasteiger partial charge in [-0.1, -0.05) is 12.1 Å². The maximum absolute atomic E-state index is 12.8. The number of aromatic nitrogens is 2. The van der Waals surface area contributed by atoms with Gasteiger partial charge in [-0.2, -0.15) is 5.10 Å². The van der Waals surface area contributed by atoms with Crippen LogP contribution < -0.4 is 15.1 Å². The average molecular weight is 397 g/mol. The summed E-state index contributed by atoms with van der Waals surface area (Å²) in [6.45, 7) is 10.3. The van der Waals surface area contributed by atoms with Crippen LogP contribution in [0.1, 0.15) is 24.1 Å². The van der Waals surface area contributed by atoms with Crippen molar-refractivity contribution in [3.8, 4) is 0 Å². The van der Waals surface area contributed by atoms with Gasteiger partial charge >= 0.3 is 0 Å². The van der Waals surface area contributed by atoms with Crippen molar-refractivity contribution < 1.29 is 4.79 Å². The second-order valence-corrected chi connectivity index (χ2v) is 8.25. The summed E-state index contributed by atoms with van der Waals surface area (Å²) < 4.78 is 1.86. The minimum atomic E-state index is 0.0468. The molecule has 0 bridgehead atoms. The van der Waals surface area contributed by atoms with E-state index in [2.05, 4.69) is 56.3 Å². The van der Waals surface area contributed by atoms with Crippen LogP contribution in [0.2, 0.25) is 0 Å². The Morgan fingerprint density at radius 1 is 1.03 bits per heavy atom. The Balaban J connectivity index is 1.34. The van der Waals surface area contributed by atoms with Gasteiger partial charge in [0.05, 0.1) is 12.2 Å². The van der Waals surface area contributed by atoms with Crippen molar-refractivity contribution in [2.24, 2.45) is 7.05 Å². The van der Waals surface area contributed by atoms with E-state index in [0.29, 0.717) is 6.54 Å². The molecule has 0 atom stereocenters. The lowest BCUT2D eigenvalue weighted by molar-refractivity contribution is -0.117. The highest BCUT2D eigenvalue weighted by Gasteiger charge is 2.24. The molecule has 3 heterocycles. The van der Waals surface area contributed by atoms with Crippen LogP contribution in [0.25, 0.3) is 0 Å². The Morgan fingerprint density at radius 2 is 1.76 bits per heavy atom. The summed E-state index contributed by atoms with van der Waals surface area (Å²) in [6.07, 6.45) is 2.38. The molecule has 2 aliphatic rings. The van der Waals surface area contributed by atoms with Gasteiger partial charge in [0, 0.05) is 52.0 Å². The van der Waals surface area contributed by atoms with Gasteiger partial charge in [0.15, 0.2) is 5.82 Å². The number of nitrogens with one attached hydrogen (secondary N) is 1. The Hall–Kier alpha value is -2.54. The Kier molecular flexibility index (Phi) is 5.76. The molecule has 4 rings (SSSR count). The van der Waals surface area contributed by atoms with Gasteiger partial charge in [0.25, 0.3) is 0 Å². The molecule has 7 heteroatoms. The van der Waals surface area contributed by atoms with Crippen LogP contribution in [0.4, 0.5) is 17.2 Å². The van der Waals surface area contributed by atoms with E-state index in [4.69, 9.17) is 0 Å². The molecule has 0 radical (unpaired) electrons. The molecule has 29 heavy (non-hydrogen) atoms. The van der Waals surface area contributed by atoms with E-state index >= 15 is 0 Å². The van der Waals surface area contributed by atoms with Crippen LogP contribution in [0.5, 0.6) is 0 Å². The lowest BCUT2D eigenvalue weighted by atomic mass is 10.2. The summed E-state index contributed by atoms with van der Waals surface area (Å²) in [7, 11) is 1.94. The fourth-order valence-corrected chi connectivity index (χ4v) is 4.26. The summed E-state index contributed by atoms with van der Waals surface area (Å²) in [4.78, 5) is 19.7. The molecule has 0 aliphatic carbocycles. The van der Waals surface area contributed by atoms with Gasteiger partial charge in [0.1, 0.15) is 5.69 Å². The molecule has 0 saturated carbocycles. The highest BCUT2D eigenvalue weighted by atomic mass is 16.2. The largest absolute Gasteiger partial charge is 0.369 e. The van der Waals surface area contributed by atoms with E-state index in [-0.39, 0.29) is 5.91 Å². The van der Waals surface area contributed by atoms with Crippen LogP contribution in [-0.2, 0) is 11.8 Å². The van der Waals surface area contributed by atoms with Crippen molar-refractivity contribution in [2.45, 2.75) is 26.7 Å². The van der Waals surface area contributed by atoms with Crippen LogP contribution in [0, 0.1) is 13.8 Å². The molecule has 0 spiro atoms. The molecular formula is C22H32N6O. The van der Waals surface area contributed by atoms with Crippen LogP contribution in [0.3, 0.4) is 0 Å². The molecule has 0 unspecified atom stereocenters. The standard InChI is InChI=1S/C22H32N6O/c1-17-7-6-8-19(15-17)27-13-11-26(12-14-27)16-20(29)23-21-18(2)25(3)24-22(21)28-9-4-5-10-28/h6-8,15H,4-5,9-14,16H2,1-3H3,(H,23,29). The third-order valence-corrected chi connectivity index (χ3v) is 6.09. The van der Waals surface area contributed by atoms with Gasteiger partial charge in [-0.3, -0.25) is 14.4 Å². The normalized spacial score (nSPS) is 17.8. The highest BCUT2D eigenvalue weighted by molar-refractivity contribution is 5.95. The molecule has 2 fully saturated rings. The topological polar surface area (TPSA) is 56.6 Å². The van der Waals surface area contributed by atoms with Crippen molar-refractivity contribution in [3.63, 3.8) is 0 Å². The zero-order valence-corrected chi connectivity index (χ0v) is 17.8. The first-order valence-electron chi connectivity index (χ1n) is 10.6. The SMILES string of the molecule is Cc1cccc(N2CCN(CC(=O)Nc3c(N4CCCC4)nn(C)c3C)CC2)c1. The van der Waals surface area contributed by atoms with Crippen molar-refractivity contribution in [2.75, 3.05) is 60.9 Å². The number of benzene rings is 1. The summed E-state index contributed by atoms with van der Waals surface area (Å²) >= 11 is 0. The van der Waals surface area contributed by atoms with Crippen LogP contribution in [-0.4, -0.2) is 66.4 Å². The highest BCUT2D eigenvalue weighted by Crippen LogP contribution is 2.30. The molecule has 1 aromatic carbocycles. The van der Waals surface area contributed by atoms with Gasteiger partial charge in [-0.25, -0.2) is 0 Å². The average Bonchev–Trinajstić information content (AvgIpc) is 3.33. The molecule has 2 saturated heterocycles. The Labute approximate surface area is 173 Å². The number of rotatable bonds is 5. The van der Waals surface area contributed by atoms with Crippen LogP contribution >= 0.6 is 0 Å². The molecular weight excluding hydrogens is 364 g/mol. The predicted molar refractivity (Wildman–Crippen MR) is 118 cm³/mol. The number of nitrogens with zero attached hydrogens (tertiary/aromatic N) is 5. The number of carbonyl (C=O) groups is 1. The summed E-state index contributed by atoms with van der Waals surface area (Å²) in [5.74, 6) is 0.964. The second-order valence-electron chi connectivity index (χ2n) is 8.25. The van der Waals surface area contributed by atoms with Crippen LogP contribution in [0.15, 0.2) is 24.3 Å². The van der Waals surface area contributed by atoms with Gasteiger partial charge in [-0.05, 0) is 44.4 Å². The number of aryl methyl sites for hydroxylation is 2. The molecule has 156 valence electrons. The van der Waals surface area contributed by atoms with E-state index in [1.54, 1.807) is 0 Å². The van der Waals surface area contributed by atoms with E-state index < -0.39 is 0 Å². The van der Waals surface area contributed by atoms with E-state index in [1.165, 1.54) is 24.1 Å². The monoisotopic (exact) mass is 396 g/mol. The summed E-state index contributed by atoms with van der Waals surface area (Å²) in [5.41, 5.74) is 4.43. The first-order valence-corrected chi connectivity index (χ1v) is 10.6. The molecule has 7 nitrogen and oxygen atoms in total. The minimum Gasteiger partial charge on any atom is -0.369 e. The first kappa shape index (κ1) is 19.8. The number of piperazine rings is 1. The van der Waals surface area contributed by atoms with Crippen molar-refractivity contribution in [1.82, 2.24) is 14.7 Å². The van der Waals surface area contributed by atoms with Gasteiger partial charge in [-0.15, -0.1) is 0 Å². The number of anilines is 3. The Bertz CT molecular complexity index is 862. The zero-order valence-electron chi connectivity index (χ0n) is 17.8. The van der Waals surface area contributed by atoms with Gasteiger partial charge in [0.2, 0.25) is 5.91 Å².